The first kappa shape index (κ1) is 27.0. The minimum atomic E-state index is -1.56. The number of nitrogens with zero attached hydrogens (tertiary/aromatic N) is 1. The van der Waals surface area contributed by atoms with Gasteiger partial charge in [0.15, 0.2) is 24.2 Å². The van der Waals surface area contributed by atoms with Gasteiger partial charge in [-0.3, -0.25) is 19.3 Å². The van der Waals surface area contributed by atoms with Gasteiger partial charge in [0.2, 0.25) is 5.50 Å². The molecule has 0 saturated carbocycles. The van der Waals surface area contributed by atoms with E-state index in [-0.39, 0.29) is 5.78 Å². The van der Waals surface area contributed by atoms with Crippen LogP contribution in [0, 0.1) is 0 Å². The zero-order valence-corrected chi connectivity index (χ0v) is 21.6. The van der Waals surface area contributed by atoms with Crippen molar-refractivity contribution in [2.75, 3.05) is 0 Å². The number of ketones is 1. The molecule has 196 valence electrons. The normalized spacial score (nSPS) is 18.3. The third kappa shape index (κ3) is 5.93. The molecule has 8 nitrogen and oxygen atoms in total. The van der Waals surface area contributed by atoms with Gasteiger partial charge < -0.3 is 14.8 Å². The third-order valence-corrected chi connectivity index (χ3v) is 6.58. The number of amides is 2. The summed E-state index contributed by atoms with van der Waals surface area (Å²) in [5.74, 6) is -2.31. The zero-order chi connectivity index (χ0) is 27.2. The lowest BCUT2D eigenvalue weighted by Crippen LogP contribution is -2.74. The van der Waals surface area contributed by atoms with Gasteiger partial charge in [0.1, 0.15) is 6.10 Å². The maximum absolute atomic E-state index is 13.2. The van der Waals surface area contributed by atoms with Crippen molar-refractivity contribution in [3.05, 3.63) is 108 Å². The first-order valence-corrected chi connectivity index (χ1v) is 12.5. The van der Waals surface area contributed by atoms with E-state index in [1.54, 1.807) is 30.3 Å². The molecule has 0 bridgehead atoms. The summed E-state index contributed by atoms with van der Waals surface area (Å²) in [7, 11) is 0. The summed E-state index contributed by atoms with van der Waals surface area (Å²) in [6.07, 6.45) is -2.84. The van der Waals surface area contributed by atoms with Gasteiger partial charge in [0, 0.05) is 5.56 Å². The Bertz CT molecular complexity index is 1250. The summed E-state index contributed by atoms with van der Waals surface area (Å²) >= 11 is 6.48. The SMILES string of the molecule is CC(=O)[C@H](C)O[C@@H]1[C@@H](NC(=O)c2ccccc2)C(=O)N1C(Cl)C(=O)OC(c1ccccc1)c1ccccc1. The number of carbonyl (C=O) groups excluding carboxylic acids is 4. The third-order valence-electron chi connectivity index (χ3n) is 6.20. The number of β-lactam (4-membered cyclic amide) rings is 1. The summed E-state index contributed by atoms with van der Waals surface area (Å²) in [5.41, 5.74) is 0.215. The van der Waals surface area contributed by atoms with Crippen molar-refractivity contribution in [2.24, 2.45) is 0 Å². The molecule has 4 rings (SSSR count). The second-order valence-electron chi connectivity index (χ2n) is 8.82. The number of hydrogen-bond acceptors (Lipinski definition) is 6. The van der Waals surface area contributed by atoms with E-state index in [4.69, 9.17) is 21.1 Å². The van der Waals surface area contributed by atoms with E-state index in [1.807, 2.05) is 60.7 Å². The Kier molecular flexibility index (Phi) is 8.55. The van der Waals surface area contributed by atoms with E-state index in [2.05, 4.69) is 5.32 Å². The summed E-state index contributed by atoms with van der Waals surface area (Å²) in [4.78, 5) is 51.9. The van der Waals surface area contributed by atoms with Crippen molar-refractivity contribution in [3.8, 4) is 0 Å². The van der Waals surface area contributed by atoms with Gasteiger partial charge in [0.25, 0.3) is 11.8 Å². The molecular formula is C29H27ClN2O6. The molecule has 1 N–H and O–H groups in total. The van der Waals surface area contributed by atoms with Gasteiger partial charge in [-0.1, -0.05) is 90.5 Å². The molecular weight excluding hydrogens is 508 g/mol. The molecule has 1 saturated heterocycles. The van der Waals surface area contributed by atoms with Crippen LogP contribution in [-0.4, -0.2) is 52.3 Å². The van der Waals surface area contributed by atoms with Crippen molar-refractivity contribution in [2.45, 2.75) is 43.8 Å². The highest BCUT2D eigenvalue weighted by molar-refractivity contribution is 6.31. The van der Waals surface area contributed by atoms with Crippen molar-refractivity contribution in [1.29, 1.82) is 0 Å². The van der Waals surface area contributed by atoms with Gasteiger partial charge in [-0.25, -0.2) is 4.79 Å². The fourth-order valence-corrected chi connectivity index (χ4v) is 4.25. The number of alkyl halides is 1. The summed E-state index contributed by atoms with van der Waals surface area (Å²) < 4.78 is 11.6. The van der Waals surface area contributed by atoms with E-state index in [9.17, 15) is 19.2 Å². The highest BCUT2D eigenvalue weighted by atomic mass is 35.5. The van der Waals surface area contributed by atoms with Gasteiger partial charge in [0.05, 0.1) is 0 Å². The van der Waals surface area contributed by atoms with Crippen molar-refractivity contribution in [1.82, 2.24) is 10.2 Å². The predicted molar refractivity (Wildman–Crippen MR) is 140 cm³/mol. The maximum Gasteiger partial charge on any atom is 0.345 e. The quantitative estimate of drug-likeness (QED) is 0.183. The molecule has 1 aliphatic heterocycles. The predicted octanol–water partition coefficient (Wildman–Crippen LogP) is 3.85. The minimum absolute atomic E-state index is 0.292. The Morgan fingerprint density at radius 2 is 1.37 bits per heavy atom. The molecule has 0 aromatic heterocycles. The standard InChI is InChI=1S/C29H27ClN2O6/c1-18(33)19(2)37-28-23(31-26(34)22-16-10-5-11-17-22)27(35)32(28)25(30)29(36)38-24(20-12-6-3-7-13-20)21-14-8-4-9-15-21/h3-17,19,23-25,28H,1-2H3,(H,31,34)/t19-,23-,25?,28+/m0/s1. The number of rotatable bonds is 10. The number of Topliss-reactive ketones (excluding diaryl/α,β-unsaturated/α-hetero) is 1. The van der Waals surface area contributed by atoms with Gasteiger partial charge in [-0.15, -0.1) is 0 Å². The van der Waals surface area contributed by atoms with Crippen LogP contribution in [0.3, 0.4) is 0 Å². The van der Waals surface area contributed by atoms with Crippen LogP contribution in [0.5, 0.6) is 0 Å². The second kappa shape index (κ2) is 12.0. The smallest absolute Gasteiger partial charge is 0.345 e. The topological polar surface area (TPSA) is 102 Å². The van der Waals surface area contributed by atoms with E-state index < -0.39 is 47.8 Å². The average molecular weight is 535 g/mol. The van der Waals surface area contributed by atoms with Crippen LogP contribution in [0.1, 0.15) is 41.4 Å². The van der Waals surface area contributed by atoms with E-state index >= 15 is 0 Å². The lowest BCUT2D eigenvalue weighted by Gasteiger charge is -2.48. The molecule has 3 aromatic rings. The first-order valence-electron chi connectivity index (χ1n) is 12.1. The molecule has 3 aromatic carbocycles. The Labute approximate surface area is 225 Å². The second-order valence-corrected chi connectivity index (χ2v) is 9.23. The monoisotopic (exact) mass is 534 g/mol. The van der Waals surface area contributed by atoms with E-state index in [1.165, 1.54) is 13.8 Å². The van der Waals surface area contributed by atoms with Crippen LogP contribution < -0.4 is 5.32 Å². The van der Waals surface area contributed by atoms with E-state index in [0.29, 0.717) is 5.56 Å². The molecule has 1 heterocycles. The molecule has 38 heavy (non-hydrogen) atoms. The van der Waals surface area contributed by atoms with Crippen molar-refractivity contribution >= 4 is 35.2 Å². The number of hydrogen-bond donors (Lipinski definition) is 1. The number of likely N-dealkylation sites (tertiary alicyclic amines) is 1. The zero-order valence-electron chi connectivity index (χ0n) is 20.8. The number of nitrogens with one attached hydrogen (secondary N) is 1. The largest absolute Gasteiger partial charge is 0.450 e. The van der Waals surface area contributed by atoms with Gasteiger partial charge in [-0.2, -0.15) is 0 Å². The van der Waals surface area contributed by atoms with E-state index in [0.717, 1.165) is 16.0 Å². The summed E-state index contributed by atoms with van der Waals surface area (Å²) in [6, 6.07) is 25.4. The highest BCUT2D eigenvalue weighted by Gasteiger charge is 2.55. The Hall–Kier alpha value is -4.01. The van der Waals surface area contributed by atoms with Crippen LogP contribution in [0.2, 0.25) is 0 Å². The summed E-state index contributed by atoms with van der Waals surface area (Å²) in [5, 5.41) is 2.62. The molecule has 4 atom stereocenters. The number of halogens is 1. The van der Waals surface area contributed by atoms with Crippen molar-refractivity contribution < 1.29 is 28.7 Å². The van der Waals surface area contributed by atoms with Crippen LogP contribution in [0.15, 0.2) is 91.0 Å². The fraction of sp³-hybridized carbons (Fsp3) is 0.241. The lowest BCUT2D eigenvalue weighted by atomic mass is 10.0. The highest BCUT2D eigenvalue weighted by Crippen LogP contribution is 2.32. The average Bonchev–Trinajstić information content (AvgIpc) is 2.95. The molecule has 2 amide bonds. The molecule has 1 unspecified atom stereocenters. The maximum atomic E-state index is 13.2. The number of carbonyl (C=O) groups is 4. The fourth-order valence-electron chi connectivity index (χ4n) is 3.99. The Morgan fingerprint density at radius 3 is 1.87 bits per heavy atom. The van der Waals surface area contributed by atoms with Crippen LogP contribution in [0.4, 0.5) is 0 Å². The summed E-state index contributed by atoms with van der Waals surface area (Å²) in [6.45, 7) is 2.85. The van der Waals surface area contributed by atoms with Crippen LogP contribution in [-0.2, 0) is 23.9 Å². The number of benzene rings is 3. The Morgan fingerprint density at radius 1 is 0.868 bits per heavy atom. The number of ether oxygens (including phenoxy) is 2. The van der Waals surface area contributed by atoms with Crippen LogP contribution in [0.25, 0.3) is 0 Å². The van der Waals surface area contributed by atoms with Crippen molar-refractivity contribution in [3.63, 3.8) is 0 Å². The minimum Gasteiger partial charge on any atom is -0.450 e. The Balaban J connectivity index is 1.54. The van der Waals surface area contributed by atoms with Crippen LogP contribution >= 0.6 is 11.6 Å². The lowest BCUT2D eigenvalue weighted by molar-refractivity contribution is -0.200. The molecule has 1 fully saturated rings. The molecule has 0 radical (unpaired) electrons. The molecule has 1 aliphatic rings. The number of esters is 1. The first-order chi connectivity index (χ1) is 18.3. The molecule has 0 spiro atoms. The van der Waals surface area contributed by atoms with Gasteiger partial charge >= 0.3 is 5.97 Å². The molecule has 9 heteroatoms. The molecule has 0 aliphatic carbocycles. The van der Waals surface area contributed by atoms with Gasteiger partial charge in [-0.05, 0) is 37.1 Å².